The Bertz CT molecular complexity index is 837. The summed E-state index contributed by atoms with van der Waals surface area (Å²) in [5, 5.41) is 6.14. The molecular weight excluding hydrogens is 366 g/mol. The number of nitrogens with one attached hydrogen (secondary N) is 2. The van der Waals surface area contributed by atoms with Crippen LogP contribution in [0.1, 0.15) is 15.9 Å². The summed E-state index contributed by atoms with van der Waals surface area (Å²) in [7, 11) is 0. The molecule has 0 aliphatic heterocycles. The van der Waals surface area contributed by atoms with E-state index >= 15 is 0 Å². The van der Waals surface area contributed by atoms with Crippen LogP contribution in [-0.2, 0) is 6.54 Å². The number of hydrogen-bond donors (Lipinski definition) is 2. The van der Waals surface area contributed by atoms with Crippen molar-refractivity contribution in [1.29, 1.82) is 0 Å². The van der Waals surface area contributed by atoms with Gasteiger partial charge in [0.05, 0.1) is 17.4 Å². The lowest BCUT2D eigenvalue weighted by molar-refractivity contribution is 0.0950. The third-order valence-corrected chi connectivity index (χ3v) is 3.90. The summed E-state index contributed by atoms with van der Waals surface area (Å²) in [4.78, 5) is 16.4. The molecule has 0 spiro atoms. The highest BCUT2D eigenvalue weighted by molar-refractivity contribution is 9.10. The molecule has 3 rings (SSSR count). The Morgan fingerprint density at radius 3 is 2.58 bits per heavy atom. The molecule has 24 heavy (non-hydrogen) atoms. The predicted molar refractivity (Wildman–Crippen MR) is 99.3 cm³/mol. The van der Waals surface area contributed by atoms with Crippen LogP contribution in [0.2, 0.25) is 0 Å². The maximum absolute atomic E-state index is 12.3. The van der Waals surface area contributed by atoms with Crippen LogP contribution < -0.4 is 10.6 Å². The summed E-state index contributed by atoms with van der Waals surface area (Å²) >= 11 is 3.44. The number of hydrogen-bond acceptors (Lipinski definition) is 3. The van der Waals surface area contributed by atoms with Gasteiger partial charge < -0.3 is 10.6 Å². The SMILES string of the molecule is O=C(NCc1ccccc1)c1cncc(Nc2cccc(Br)c2)c1. The van der Waals surface area contributed by atoms with Crippen molar-refractivity contribution in [1.82, 2.24) is 10.3 Å². The van der Waals surface area contributed by atoms with Gasteiger partial charge in [0.25, 0.3) is 5.91 Å². The van der Waals surface area contributed by atoms with Gasteiger partial charge in [0.2, 0.25) is 0 Å². The number of nitrogens with zero attached hydrogens (tertiary/aromatic N) is 1. The quantitative estimate of drug-likeness (QED) is 0.682. The second-order valence-electron chi connectivity index (χ2n) is 5.27. The molecule has 1 heterocycles. The molecule has 0 unspecified atom stereocenters. The van der Waals surface area contributed by atoms with Gasteiger partial charge in [-0.25, -0.2) is 0 Å². The minimum atomic E-state index is -0.149. The molecule has 2 N–H and O–H groups in total. The highest BCUT2D eigenvalue weighted by Crippen LogP contribution is 2.20. The number of amides is 1. The molecule has 3 aromatic rings. The first kappa shape index (κ1) is 16.2. The van der Waals surface area contributed by atoms with Crippen LogP contribution in [0.3, 0.4) is 0 Å². The van der Waals surface area contributed by atoms with Crippen molar-refractivity contribution in [2.45, 2.75) is 6.54 Å². The number of carbonyl (C=O) groups is 1. The number of halogens is 1. The summed E-state index contributed by atoms with van der Waals surface area (Å²) in [5.74, 6) is -0.149. The molecular formula is C19H16BrN3O. The average Bonchev–Trinajstić information content (AvgIpc) is 2.61. The lowest BCUT2D eigenvalue weighted by Crippen LogP contribution is -2.22. The van der Waals surface area contributed by atoms with Crippen molar-refractivity contribution in [2.75, 3.05) is 5.32 Å². The average molecular weight is 382 g/mol. The second kappa shape index (κ2) is 7.75. The van der Waals surface area contributed by atoms with E-state index in [1.807, 2.05) is 54.6 Å². The molecule has 0 aliphatic carbocycles. The van der Waals surface area contributed by atoms with Crippen molar-refractivity contribution in [3.8, 4) is 0 Å². The van der Waals surface area contributed by atoms with Crippen LogP contribution >= 0.6 is 15.9 Å². The van der Waals surface area contributed by atoms with Crippen LogP contribution in [0, 0.1) is 0 Å². The molecule has 1 aromatic heterocycles. The van der Waals surface area contributed by atoms with E-state index in [2.05, 4.69) is 31.5 Å². The Balaban J connectivity index is 1.67. The van der Waals surface area contributed by atoms with Crippen molar-refractivity contribution >= 4 is 33.2 Å². The Kier molecular flexibility index (Phi) is 5.23. The van der Waals surface area contributed by atoms with E-state index in [4.69, 9.17) is 0 Å². The zero-order chi connectivity index (χ0) is 16.8. The highest BCUT2D eigenvalue weighted by atomic mass is 79.9. The van der Waals surface area contributed by atoms with E-state index in [0.29, 0.717) is 12.1 Å². The highest BCUT2D eigenvalue weighted by Gasteiger charge is 2.07. The van der Waals surface area contributed by atoms with E-state index in [1.165, 1.54) is 0 Å². The minimum Gasteiger partial charge on any atom is -0.354 e. The van der Waals surface area contributed by atoms with Crippen LogP contribution in [-0.4, -0.2) is 10.9 Å². The van der Waals surface area contributed by atoms with Crippen molar-refractivity contribution in [3.05, 3.63) is 88.7 Å². The van der Waals surface area contributed by atoms with Crippen molar-refractivity contribution in [2.24, 2.45) is 0 Å². The zero-order valence-electron chi connectivity index (χ0n) is 12.9. The monoisotopic (exact) mass is 381 g/mol. The van der Waals surface area contributed by atoms with Gasteiger partial charge in [-0.15, -0.1) is 0 Å². The summed E-state index contributed by atoms with van der Waals surface area (Å²) in [6.45, 7) is 0.489. The van der Waals surface area contributed by atoms with E-state index in [1.54, 1.807) is 18.5 Å². The zero-order valence-corrected chi connectivity index (χ0v) is 14.5. The van der Waals surface area contributed by atoms with Gasteiger partial charge in [0, 0.05) is 22.9 Å². The predicted octanol–water partition coefficient (Wildman–Crippen LogP) is 4.52. The standard InChI is InChI=1S/C19H16BrN3O/c20-16-7-4-8-17(10-16)23-18-9-15(12-21-13-18)19(24)22-11-14-5-2-1-3-6-14/h1-10,12-13,23H,11H2,(H,22,24). The van der Waals surface area contributed by atoms with Gasteiger partial charge in [-0.3, -0.25) is 9.78 Å². The molecule has 0 bridgehead atoms. The molecule has 0 radical (unpaired) electrons. The lowest BCUT2D eigenvalue weighted by Gasteiger charge is -2.09. The Morgan fingerprint density at radius 1 is 0.958 bits per heavy atom. The number of pyridine rings is 1. The molecule has 0 saturated carbocycles. The molecule has 0 fully saturated rings. The number of rotatable bonds is 5. The van der Waals surface area contributed by atoms with Crippen LogP contribution in [0.5, 0.6) is 0 Å². The molecule has 1 amide bonds. The maximum Gasteiger partial charge on any atom is 0.253 e. The van der Waals surface area contributed by atoms with Gasteiger partial charge >= 0.3 is 0 Å². The lowest BCUT2D eigenvalue weighted by atomic mass is 10.2. The number of anilines is 2. The van der Waals surface area contributed by atoms with Gasteiger partial charge in [0.1, 0.15) is 0 Å². The van der Waals surface area contributed by atoms with E-state index in [-0.39, 0.29) is 5.91 Å². The second-order valence-corrected chi connectivity index (χ2v) is 6.18. The van der Waals surface area contributed by atoms with E-state index < -0.39 is 0 Å². The van der Waals surface area contributed by atoms with Crippen LogP contribution in [0.25, 0.3) is 0 Å². The first-order chi connectivity index (χ1) is 11.7. The minimum absolute atomic E-state index is 0.149. The van der Waals surface area contributed by atoms with Gasteiger partial charge in [-0.1, -0.05) is 52.3 Å². The van der Waals surface area contributed by atoms with Crippen LogP contribution in [0.15, 0.2) is 77.5 Å². The first-order valence-corrected chi connectivity index (χ1v) is 8.30. The van der Waals surface area contributed by atoms with E-state index in [0.717, 1.165) is 21.4 Å². The molecule has 2 aromatic carbocycles. The number of aromatic nitrogens is 1. The summed E-state index contributed by atoms with van der Waals surface area (Å²) in [6, 6.07) is 19.4. The normalized spacial score (nSPS) is 10.2. The number of carbonyl (C=O) groups excluding carboxylic acids is 1. The van der Waals surface area contributed by atoms with Crippen molar-refractivity contribution in [3.63, 3.8) is 0 Å². The van der Waals surface area contributed by atoms with Crippen LogP contribution in [0.4, 0.5) is 11.4 Å². The molecule has 120 valence electrons. The summed E-state index contributed by atoms with van der Waals surface area (Å²) < 4.78 is 0.984. The topological polar surface area (TPSA) is 54.0 Å². The summed E-state index contributed by atoms with van der Waals surface area (Å²) in [5.41, 5.74) is 3.27. The van der Waals surface area contributed by atoms with E-state index in [9.17, 15) is 4.79 Å². The summed E-state index contributed by atoms with van der Waals surface area (Å²) in [6.07, 6.45) is 3.25. The number of benzene rings is 2. The largest absolute Gasteiger partial charge is 0.354 e. The molecule has 4 nitrogen and oxygen atoms in total. The molecule has 0 aliphatic rings. The smallest absolute Gasteiger partial charge is 0.253 e. The maximum atomic E-state index is 12.3. The molecule has 5 heteroatoms. The third kappa shape index (κ3) is 4.43. The fourth-order valence-electron chi connectivity index (χ4n) is 2.25. The Hall–Kier alpha value is -2.66. The third-order valence-electron chi connectivity index (χ3n) is 3.41. The molecule has 0 saturated heterocycles. The fraction of sp³-hybridized carbons (Fsp3) is 0.0526. The fourth-order valence-corrected chi connectivity index (χ4v) is 2.64. The van der Waals surface area contributed by atoms with Gasteiger partial charge in [-0.2, -0.15) is 0 Å². The Morgan fingerprint density at radius 2 is 1.79 bits per heavy atom. The van der Waals surface area contributed by atoms with Gasteiger partial charge in [0.15, 0.2) is 0 Å². The first-order valence-electron chi connectivity index (χ1n) is 7.50. The Labute approximate surface area is 149 Å². The van der Waals surface area contributed by atoms with Gasteiger partial charge in [-0.05, 0) is 29.8 Å². The molecule has 0 atom stereocenters. The van der Waals surface area contributed by atoms with Crippen molar-refractivity contribution < 1.29 is 4.79 Å².